The zero-order chi connectivity index (χ0) is 12.3. The molecule has 0 unspecified atom stereocenters. The molecule has 6 nitrogen and oxygen atoms in total. The number of nitrogen functional groups attached to an aromatic ring is 1. The van der Waals surface area contributed by atoms with Gasteiger partial charge in [-0.15, -0.1) is 0 Å². The van der Waals surface area contributed by atoms with E-state index in [4.69, 9.17) is 10.5 Å². The van der Waals surface area contributed by atoms with E-state index in [-0.39, 0.29) is 12.0 Å². The summed E-state index contributed by atoms with van der Waals surface area (Å²) in [6, 6.07) is 0. The average Bonchev–Trinajstić information content (AvgIpc) is 2.76. The van der Waals surface area contributed by atoms with Gasteiger partial charge in [-0.2, -0.15) is 5.10 Å². The summed E-state index contributed by atoms with van der Waals surface area (Å²) < 4.78 is 5.54. The van der Waals surface area contributed by atoms with Crippen LogP contribution in [0.1, 0.15) is 30.3 Å². The molecule has 1 aliphatic rings. The number of nitrogens with zero attached hydrogens (tertiary/aromatic N) is 2. The normalized spacial score (nSPS) is 17.4. The molecule has 0 aromatic carbocycles. The highest BCUT2D eigenvalue weighted by Crippen LogP contribution is 2.17. The number of carbonyl (C=O) groups excluding carboxylic acids is 1. The van der Waals surface area contributed by atoms with E-state index in [1.54, 1.807) is 4.90 Å². The summed E-state index contributed by atoms with van der Waals surface area (Å²) >= 11 is 0. The second kappa shape index (κ2) is 5.18. The van der Waals surface area contributed by atoms with Crippen LogP contribution in [0.2, 0.25) is 0 Å². The Labute approximate surface area is 100 Å². The van der Waals surface area contributed by atoms with Gasteiger partial charge in [0.25, 0.3) is 5.91 Å². The molecular formula is C11H18N4O2. The van der Waals surface area contributed by atoms with E-state index in [0.29, 0.717) is 24.5 Å². The summed E-state index contributed by atoms with van der Waals surface area (Å²) in [4.78, 5) is 13.9. The van der Waals surface area contributed by atoms with Gasteiger partial charge in [0, 0.05) is 19.7 Å². The summed E-state index contributed by atoms with van der Waals surface area (Å²) in [5, 5.41) is 6.40. The van der Waals surface area contributed by atoms with Crippen LogP contribution in [0, 0.1) is 0 Å². The highest BCUT2D eigenvalue weighted by atomic mass is 16.5. The summed E-state index contributed by atoms with van der Waals surface area (Å²) in [5.41, 5.74) is 6.45. The molecule has 0 atom stereocenters. The molecule has 0 spiro atoms. The molecule has 1 amide bonds. The molecule has 6 heteroatoms. The maximum atomic E-state index is 12.1. The Bertz CT molecular complexity index is 383. The molecule has 0 aliphatic carbocycles. The first-order chi connectivity index (χ1) is 8.22. The van der Waals surface area contributed by atoms with E-state index < -0.39 is 0 Å². The predicted molar refractivity (Wildman–Crippen MR) is 63.6 cm³/mol. The number of likely N-dealkylation sites (tertiary alicyclic amines) is 1. The summed E-state index contributed by atoms with van der Waals surface area (Å²) in [5.74, 6) is -0.0741. The number of aromatic amines is 1. The molecule has 94 valence electrons. The van der Waals surface area contributed by atoms with Crippen LogP contribution in [-0.4, -0.2) is 46.8 Å². The molecule has 2 heterocycles. The molecule has 1 saturated heterocycles. The molecule has 1 aromatic rings. The van der Waals surface area contributed by atoms with Crippen molar-refractivity contribution < 1.29 is 9.53 Å². The molecule has 1 aliphatic heterocycles. The van der Waals surface area contributed by atoms with Crippen molar-refractivity contribution in [3.63, 3.8) is 0 Å². The molecule has 0 radical (unpaired) electrons. The van der Waals surface area contributed by atoms with E-state index in [0.717, 1.165) is 19.4 Å². The van der Waals surface area contributed by atoms with Crippen molar-refractivity contribution in [3.8, 4) is 0 Å². The van der Waals surface area contributed by atoms with E-state index >= 15 is 0 Å². The van der Waals surface area contributed by atoms with Crippen LogP contribution in [0.4, 0.5) is 5.69 Å². The first-order valence-electron chi connectivity index (χ1n) is 5.92. The van der Waals surface area contributed by atoms with Crippen LogP contribution in [0.15, 0.2) is 6.20 Å². The number of carbonyl (C=O) groups is 1. The standard InChI is InChI=1S/C11H18N4O2/c1-2-17-8-3-5-15(6-4-8)11(16)10-9(12)7-13-14-10/h7-8H,2-6,12H2,1H3,(H,13,14). The van der Waals surface area contributed by atoms with Crippen molar-refractivity contribution in [2.75, 3.05) is 25.4 Å². The fourth-order valence-corrected chi connectivity index (χ4v) is 2.09. The Hall–Kier alpha value is -1.56. The molecule has 0 saturated carbocycles. The maximum Gasteiger partial charge on any atom is 0.274 e. The summed E-state index contributed by atoms with van der Waals surface area (Å²) in [6.07, 6.45) is 3.50. The Morgan fingerprint density at radius 1 is 1.65 bits per heavy atom. The van der Waals surface area contributed by atoms with Gasteiger partial charge >= 0.3 is 0 Å². The van der Waals surface area contributed by atoms with E-state index in [1.165, 1.54) is 6.20 Å². The van der Waals surface area contributed by atoms with Gasteiger partial charge in [0.2, 0.25) is 0 Å². The zero-order valence-corrected chi connectivity index (χ0v) is 9.98. The van der Waals surface area contributed by atoms with Crippen LogP contribution in [-0.2, 0) is 4.74 Å². The number of rotatable bonds is 3. The third-order valence-corrected chi connectivity index (χ3v) is 3.01. The molecule has 3 N–H and O–H groups in total. The Morgan fingerprint density at radius 3 is 2.88 bits per heavy atom. The van der Waals surface area contributed by atoms with Gasteiger partial charge in [0.1, 0.15) is 5.69 Å². The van der Waals surface area contributed by atoms with Gasteiger partial charge in [-0.05, 0) is 19.8 Å². The Kier molecular flexibility index (Phi) is 3.63. The van der Waals surface area contributed by atoms with E-state index in [2.05, 4.69) is 10.2 Å². The molecular weight excluding hydrogens is 220 g/mol. The van der Waals surface area contributed by atoms with Gasteiger partial charge in [0.05, 0.1) is 18.0 Å². The quantitative estimate of drug-likeness (QED) is 0.809. The number of aromatic nitrogens is 2. The van der Waals surface area contributed by atoms with Crippen LogP contribution >= 0.6 is 0 Å². The first-order valence-corrected chi connectivity index (χ1v) is 5.92. The highest BCUT2D eigenvalue weighted by Gasteiger charge is 2.25. The minimum absolute atomic E-state index is 0.0741. The second-order valence-corrected chi connectivity index (χ2v) is 4.15. The lowest BCUT2D eigenvalue weighted by Crippen LogP contribution is -2.41. The third kappa shape index (κ3) is 2.58. The summed E-state index contributed by atoms with van der Waals surface area (Å²) in [7, 11) is 0. The topological polar surface area (TPSA) is 84.2 Å². The summed E-state index contributed by atoms with van der Waals surface area (Å²) in [6.45, 7) is 4.14. The van der Waals surface area contributed by atoms with Crippen LogP contribution < -0.4 is 5.73 Å². The number of nitrogens with one attached hydrogen (secondary N) is 1. The second-order valence-electron chi connectivity index (χ2n) is 4.15. The van der Waals surface area contributed by atoms with Crippen LogP contribution in [0.3, 0.4) is 0 Å². The van der Waals surface area contributed by atoms with Gasteiger partial charge in [-0.25, -0.2) is 0 Å². The fraction of sp³-hybridized carbons (Fsp3) is 0.636. The minimum Gasteiger partial charge on any atom is -0.396 e. The number of nitrogens with two attached hydrogens (primary N) is 1. The lowest BCUT2D eigenvalue weighted by atomic mass is 10.1. The Balaban J connectivity index is 1.93. The highest BCUT2D eigenvalue weighted by molar-refractivity contribution is 5.97. The average molecular weight is 238 g/mol. The molecule has 1 fully saturated rings. The van der Waals surface area contributed by atoms with Crippen molar-refractivity contribution in [2.24, 2.45) is 0 Å². The molecule has 0 bridgehead atoms. The smallest absolute Gasteiger partial charge is 0.274 e. The third-order valence-electron chi connectivity index (χ3n) is 3.01. The first kappa shape index (κ1) is 11.9. The number of hydrogen-bond acceptors (Lipinski definition) is 4. The van der Waals surface area contributed by atoms with Crippen molar-refractivity contribution in [1.29, 1.82) is 0 Å². The predicted octanol–water partition coefficient (Wildman–Crippen LogP) is 0.633. The van der Waals surface area contributed by atoms with Gasteiger partial charge in [0.15, 0.2) is 0 Å². The van der Waals surface area contributed by atoms with Crippen LogP contribution in [0.25, 0.3) is 0 Å². The van der Waals surface area contributed by atoms with Crippen molar-refractivity contribution in [1.82, 2.24) is 15.1 Å². The van der Waals surface area contributed by atoms with Crippen LogP contribution in [0.5, 0.6) is 0 Å². The Morgan fingerprint density at radius 2 is 2.35 bits per heavy atom. The van der Waals surface area contributed by atoms with Gasteiger partial charge < -0.3 is 15.4 Å². The molecule has 17 heavy (non-hydrogen) atoms. The van der Waals surface area contributed by atoms with Crippen molar-refractivity contribution >= 4 is 11.6 Å². The lowest BCUT2D eigenvalue weighted by Gasteiger charge is -2.31. The van der Waals surface area contributed by atoms with Gasteiger partial charge in [-0.3, -0.25) is 9.89 Å². The van der Waals surface area contributed by atoms with E-state index in [1.807, 2.05) is 6.92 Å². The lowest BCUT2D eigenvalue weighted by molar-refractivity contribution is 0.0144. The van der Waals surface area contributed by atoms with Crippen molar-refractivity contribution in [2.45, 2.75) is 25.9 Å². The minimum atomic E-state index is -0.0741. The SMILES string of the molecule is CCOC1CCN(C(=O)c2[nH]ncc2N)CC1. The monoisotopic (exact) mass is 238 g/mol. The number of anilines is 1. The fourth-order valence-electron chi connectivity index (χ4n) is 2.09. The van der Waals surface area contributed by atoms with Gasteiger partial charge in [-0.1, -0.05) is 0 Å². The number of hydrogen-bond donors (Lipinski definition) is 2. The zero-order valence-electron chi connectivity index (χ0n) is 9.98. The number of H-pyrrole nitrogens is 1. The number of amides is 1. The number of ether oxygens (including phenoxy) is 1. The molecule has 2 rings (SSSR count). The van der Waals surface area contributed by atoms with E-state index in [9.17, 15) is 4.79 Å². The maximum absolute atomic E-state index is 12.1. The molecule has 1 aromatic heterocycles. The largest absolute Gasteiger partial charge is 0.396 e. The number of piperidine rings is 1. The van der Waals surface area contributed by atoms with Crippen molar-refractivity contribution in [3.05, 3.63) is 11.9 Å².